The van der Waals surface area contributed by atoms with E-state index in [2.05, 4.69) is 43.7 Å². The van der Waals surface area contributed by atoms with Gasteiger partial charge in [-0.3, -0.25) is 9.89 Å². The van der Waals surface area contributed by atoms with E-state index in [0.29, 0.717) is 18.5 Å². The van der Waals surface area contributed by atoms with Gasteiger partial charge in [-0.15, -0.1) is 0 Å². The van der Waals surface area contributed by atoms with Crippen LogP contribution in [-0.4, -0.2) is 56.2 Å². The number of pyridine rings is 1. The van der Waals surface area contributed by atoms with Crippen LogP contribution in [-0.2, 0) is 6.54 Å². The molecule has 2 aliphatic rings. The fourth-order valence-corrected chi connectivity index (χ4v) is 4.03. The van der Waals surface area contributed by atoms with E-state index in [9.17, 15) is 0 Å². The predicted molar refractivity (Wildman–Crippen MR) is 127 cm³/mol. The molecule has 7 heteroatoms. The highest BCUT2D eigenvalue weighted by molar-refractivity contribution is 5.79. The molecule has 1 unspecified atom stereocenters. The van der Waals surface area contributed by atoms with Gasteiger partial charge in [-0.2, -0.15) is 0 Å². The molecule has 172 valence electrons. The van der Waals surface area contributed by atoms with Gasteiger partial charge in [0.1, 0.15) is 5.75 Å². The van der Waals surface area contributed by atoms with E-state index in [4.69, 9.17) is 9.47 Å². The van der Waals surface area contributed by atoms with Crippen molar-refractivity contribution in [2.45, 2.75) is 38.3 Å². The molecule has 1 aromatic carbocycles. The Labute approximate surface area is 191 Å². The maximum absolute atomic E-state index is 5.72. The molecule has 0 spiro atoms. The Morgan fingerprint density at radius 2 is 1.91 bits per heavy atom. The number of aliphatic imine (C=N–C) groups is 1. The number of aromatic nitrogens is 1. The van der Waals surface area contributed by atoms with Crippen molar-refractivity contribution in [3.05, 3.63) is 53.7 Å². The molecule has 1 aliphatic heterocycles. The van der Waals surface area contributed by atoms with Crippen LogP contribution in [0.4, 0.5) is 0 Å². The number of likely N-dealkylation sites (tertiary alicyclic amines) is 1. The lowest BCUT2D eigenvalue weighted by Gasteiger charge is -2.29. The number of nitrogens with zero attached hydrogens (tertiary/aromatic N) is 3. The highest BCUT2D eigenvalue weighted by atomic mass is 16.5. The zero-order valence-electron chi connectivity index (χ0n) is 19.2. The number of methoxy groups -OCH3 is 1. The van der Waals surface area contributed by atoms with Crippen molar-refractivity contribution in [1.82, 2.24) is 20.5 Å². The van der Waals surface area contributed by atoms with Crippen molar-refractivity contribution in [3.63, 3.8) is 0 Å². The lowest BCUT2D eigenvalue weighted by Crippen LogP contribution is -2.42. The molecule has 1 saturated carbocycles. The molecule has 1 aromatic heterocycles. The molecule has 4 rings (SSSR count). The Kier molecular flexibility index (Phi) is 7.82. The van der Waals surface area contributed by atoms with E-state index in [-0.39, 0.29) is 0 Å². The maximum Gasteiger partial charge on any atom is 0.213 e. The summed E-state index contributed by atoms with van der Waals surface area (Å²) in [5.74, 6) is 3.11. The Bertz CT molecular complexity index is 859. The first-order chi connectivity index (χ1) is 15.7. The predicted octanol–water partition coefficient (Wildman–Crippen LogP) is 3.38. The van der Waals surface area contributed by atoms with E-state index in [1.54, 1.807) is 14.2 Å². The first-order valence-corrected chi connectivity index (χ1v) is 11.7. The zero-order chi connectivity index (χ0) is 22.2. The molecule has 1 atom stereocenters. The van der Waals surface area contributed by atoms with Crippen LogP contribution in [0.1, 0.15) is 42.9 Å². The SMILES string of the molecule is CN=C(NCc1ccc(OCC2CC2)nc1)NCC(c1ccc(OC)cc1)N1CCCC1. The zero-order valence-corrected chi connectivity index (χ0v) is 19.2. The summed E-state index contributed by atoms with van der Waals surface area (Å²) in [6.07, 6.45) is 6.95. The summed E-state index contributed by atoms with van der Waals surface area (Å²) in [7, 11) is 3.51. The summed E-state index contributed by atoms with van der Waals surface area (Å²) in [5, 5.41) is 6.92. The summed E-state index contributed by atoms with van der Waals surface area (Å²) in [5.41, 5.74) is 2.39. The Morgan fingerprint density at radius 1 is 1.12 bits per heavy atom. The van der Waals surface area contributed by atoms with Gasteiger partial charge in [0.25, 0.3) is 0 Å². The van der Waals surface area contributed by atoms with Gasteiger partial charge in [0.2, 0.25) is 5.88 Å². The molecule has 7 nitrogen and oxygen atoms in total. The van der Waals surface area contributed by atoms with Crippen LogP contribution in [0.25, 0.3) is 0 Å². The lowest BCUT2D eigenvalue weighted by molar-refractivity contribution is 0.245. The quantitative estimate of drug-likeness (QED) is 0.439. The molecular weight excluding hydrogens is 402 g/mol. The second-order valence-electron chi connectivity index (χ2n) is 8.60. The minimum Gasteiger partial charge on any atom is -0.497 e. The summed E-state index contributed by atoms with van der Waals surface area (Å²) < 4.78 is 11.0. The summed E-state index contributed by atoms with van der Waals surface area (Å²) in [6.45, 7) is 4.49. The van der Waals surface area contributed by atoms with E-state index in [1.165, 1.54) is 31.2 Å². The second kappa shape index (κ2) is 11.2. The highest BCUT2D eigenvalue weighted by Crippen LogP contribution is 2.29. The fraction of sp³-hybridized carbons (Fsp3) is 0.520. The normalized spacial score (nSPS) is 17.8. The third kappa shape index (κ3) is 6.36. The molecular formula is C25H35N5O2. The minimum atomic E-state index is 0.298. The topological polar surface area (TPSA) is 71.0 Å². The number of rotatable bonds is 10. The molecule has 0 bridgehead atoms. The molecule has 0 amide bonds. The van der Waals surface area contributed by atoms with Gasteiger partial charge in [0, 0.05) is 32.4 Å². The lowest BCUT2D eigenvalue weighted by atomic mass is 10.1. The average Bonchev–Trinajstić information content (AvgIpc) is 3.52. The van der Waals surface area contributed by atoms with Crippen molar-refractivity contribution in [2.24, 2.45) is 10.9 Å². The highest BCUT2D eigenvalue weighted by Gasteiger charge is 2.24. The maximum atomic E-state index is 5.72. The van der Waals surface area contributed by atoms with Gasteiger partial charge in [0.15, 0.2) is 5.96 Å². The standard InChI is InChI=1S/C25H35N5O2/c1-26-25(28-16-20-7-12-24(27-15-20)32-18-19-5-6-19)29-17-23(30-13-3-4-14-30)21-8-10-22(31-2)11-9-21/h7-12,15,19,23H,3-6,13-14,16-18H2,1-2H3,(H2,26,28,29). The van der Waals surface area contributed by atoms with Crippen molar-refractivity contribution in [1.29, 1.82) is 0 Å². The van der Waals surface area contributed by atoms with Crippen molar-refractivity contribution in [2.75, 3.05) is 40.4 Å². The van der Waals surface area contributed by atoms with Gasteiger partial charge < -0.3 is 20.1 Å². The average molecular weight is 438 g/mol. The first-order valence-electron chi connectivity index (χ1n) is 11.7. The molecule has 2 fully saturated rings. The number of benzene rings is 1. The first kappa shape index (κ1) is 22.4. The number of hydrogen-bond donors (Lipinski definition) is 2. The van der Waals surface area contributed by atoms with E-state index in [0.717, 1.165) is 49.4 Å². The van der Waals surface area contributed by atoms with Crippen LogP contribution in [0.15, 0.2) is 47.6 Å². The summed E-state index contributed by atoms with van der Waals surface area (Å²) >= 11 is 0. The fourth-order valence-electron chi connectivity index (χ4n) is 4.03. The smallest absolute Gasteiger partial charge is 0.213 e. The van der Waals surface area contributed by atoms with Crippen LogP contribution in [0.3, 0.4) is 0 Å². The van der Waals surface area contributed by atoms with E-state index >= 15 is 0 Å². The number of ether oxygens (including phenoxy) is 2. The van der Waals surface area contributed by atoms with Gasteiger partial charge in [-0.1, -0.05) is 18.2 Å². The monoisotopic (exact) mass is 437 g/mol. The molecule has 0 radical (unpaired) electrons. The molecule has 1 aliphatic carbocycles. The van der Waals surface area contributed by atoms with E-state index < -0.39 is 0 Å². The third-order valence-electron chi connectivity index (χ3n) is 6.19. The van der Waals surface area contributed by atoms with Crippen molar-refractivity contribution in [3.8, 4) is 11.6 Å². The largest absolute Gasteiger partial charge is 0.497 e. The molecule has 1 saturated heterocycles. The summed E-state index contributed by atoms with van der Waals surface area (Å²) in [4.78, 5) is 11.4. The second-order valence-corrected chi connectivity index (χ2v) is 8.60. The molecule has 2 N–H and O–H groups in total. The van der Waals surface area contributed by atoms with Crippen molar-refractivity contribution < 1.29 is 9.47 Å². The minimum absolute atomic E-state index is 0.298. The molecule has 2 heterocycles. The van der Waals surface area contributed by atoms with Crippen LogP contribution >= 0.6 is 0 Å². The number of guanidine groups is 1. The van der Waals surface area contributed by atoms with Gasteiger partial charge in [-0.05, 0) is 68.0 Å². The van der Waals surface area contributed by atoms with E-state index in [1.807, 2.05) is 24.4 Å². The van der Waals surface area contributed by atoms with Gasteiger partial charge in [0.05, 0.1) is 19.8 Å². The Balaban J connectivity index is 1.30. The van der Waals surface area contributed by atoms with Gasteiger partial charge in [-0.25, -0.2) is 4.98 Å². The van der Waals surface area contributed by atoms with Crippen LogP contribution < -0.4 is 20.1 Å². The third-order valence-corrected chi connectivity index (χ3v) is 6.19. The number of nitrogens with one attached hydrogen (secondary N) is 2. The molecule has 2 aromatic rings. The van der Waals surface area contributed by atoms with Crippen molar-refractivity contribution >= 4 is 5.96 Å². The Hall–Kier alpha value is -2.80. The number of hydrogen-bond acceptors (Lipinski definition) is 5. The van der Waals surface area contributed by atoms with Crippen LogP contribution in [0, 0.1) is 5.92 Å². The van der Waals surface area contributed by atoms with Gasteiger partial charge >= 0.3 is 0 Å². The van der Waals surface area contributed by atoms with Crippen LogP contribution in [0.5, 0.6) is 11.6 Å². The molecule has 32 heavy (non-hydrogen) atoms. The van der Waals surface area contributed by atoms with Crippen LogP contribution in [0.2, 0.25) is 0 Å². The Morgan fingerprint density at radius 3 is 2.53 bits per heavy atom. The summed E-state index contributed by atoms with van der Waals surface area (Å²) in [6, 6.07) is 12.7.